The molecule has 2 nitrogen and oxygen atoms in total. The number of halogens is 1. The molecule has 1 heterocycles. The summed E-state index contributed by atoms with van der Waals surface area (Å²) in [6, 6.07) is 0.624. The minimum absolute atomic E-state index is 0.624. The fourth-order valence-corrected chi connectivity index (χ4v) is 1.35. The Bertz CT molecular complexity index is 83.7. The van der Waals surface area contributed by atoms with Crippen molar-refractivity contribution < 1.29 is 4.74 Å². The van der Waals surface area contributed by atoms with Gasteiger partial charge in [-0.25, -0.2) is 0 Å². The maximum absolute atomic E-state index is 5.21. The Balaban J connectivity index is 1.91. The molecular formula is C7H14BrNO. The Kier molecular flexibility index (Phi) is 4.34. The van der Waals surface area contributed by atoms with Gasteiger partial charge in [-0.3, -0.25) is 0 Å². The Morgan fingerprint density at radius 1 is 1.60 bits per heavy atom. The first-order chi connectivity index (χ1) is 4.93. The first kappa shape index (κ1) is 8.50. The van der Waals surface area contributed by atoms with Crippen molar-refractivity contribution in [3.05, 3.63) is 0 Å². The summed E-state index contributed by atoms with van der Waals surface area (Å²) in [5.74, 6) is 0. The molecule has 0 amide bonds. The molecule has 0 aromatic heterocycles. The lowest BCUT2D eigenvalue weighted by molar-refractivity contribution is 0.190. The lowest BCUT2D eigenvalue weighted by atomic mass is 10.2. The van der Waals surface area contributed by atoms with E-state index < -0.39 is 0 Å². The van der Waals surface area contributed by atoms with Crippen molar-refractivity contribution >= 4 is 15.9 Å². The highest BCUT2D eigenvalue weighted by Crippen LogP contribution is 2.02. The highest BCUT2D eigenvalue weighted by molar-refractivity contribution is 9.09. The molecule has 1 saturated heterocycles. The fraction of sp³-hybridized carbons (Fsp3) is 1.00. The van der Waals surface area contributed by atoms with E-state index in [2.05, 4.69) is 21.2 Å². The Morgan fingerprint density at radius 3 is 3.10 bits per heavy atom. The smallest absolute Gasteiger partial charge is 0.0620 e. The van der Waals surface area contributed by atoms with Crippen LogP contribution in [0, 0.1) is 0 Å². The van der Waals surface area contributed by atoms with Gasteiger partial charge in [0.15, 0.2) is 0 Å². The van der Waals surface area contributed by atoms with Gasteiger partial charge in [0.2, 0.25) is 0 Å². The summed E-state index contributed by atoms with van der Waals surface area (Å²) in [5, 5.41) is 4.52. The molecule has 1 N–H and O–H groups in total. The molecule has 60 valence electrons. The van der Waals surface area contributed by atoms with Crippen molar-refractivity contribution in [3.63, 3.8) is 0 Å². The molecule has 1 rings (SSSR count). The summed E-state index contributed by atoms with van der Waals surface area (Å²) < 4.78 is 5.21. The molecule has 0 radical (unpaired) electrons. The first-order valence-electron chi connectivity index (χ1n) is 3.80. The van der Waals surface area contributed by atoms with Crippen LogP contribution in [0.25, 0.3) is 0 Å². The molecule has 10 heavy (non-hydrogen) atoms. The van der Waals surface area contributed by atoms with Gasteiger partial charge < -0.3 is 10.1 Å². The predicted octanol–water partition coefficient (Wildman–Crippen LogP) is 1.15. The van der Waals surface area contributed by atoms with Crippen LogP contribution in [0.1, 0.15) is 12.8 Å². The Hall–Kier alpha value is 0.400. The third-order valence-electron chi connectivity index (χ3n) is 1.67. The monoisotopic (exact) mass is 207 g/mol. The number of alkyl halides is 1. The third kappa shape index (κ3) is 2.99. The van der Waals surface area contributed by atoms with E-state index >= 15 is 0 Å². The van der Waals surface area contributed by atoms with Crippen molar-refractivity contribution in [1.82, 2.24) is 5.32 Å². The molecule has 1 atom stereocenters. The van der Waals surface area contributed by atoms with Crippen LogP contribution in [0.3, 0.4) is 0 Å². The van der Waals surface area contributed by atoms with Gasteiger partial charge in [0, 0.05) is 18.0 Å². The van der Waals surface area contributed by atoms with E-state index in [1.54, 1.807) is 0 Å². The number of rotatable bonds is 4. The molecule has 1 unspecified atom stereocenters. The van der Waals surface area contributed by atoms with E-state index in [4.69, 9.17) is 4.74 Å². The lowest BCUT2D eigenvalue weighted by Crippen LogP contribution is -2.30. The quantitative estimate of drug-likeness (QED) is 0.552. The number of hydrogen-bond acceptors (Lipinski definition) is 2. The Morgan fingerprint density at radius 2 is 2.50 bits per heavy atom. The van der Waals surface area contributed by atoms with Crippen molar-refractivity contribution in [2.24, 2.45) is 0 Å². The average molecular weight is 208 g/mol. The molecule has 1 fully saturated rings. The molecule has 0 spiro atoms. The predicted molar refractivity (Wildman–Crippen MR) is 45.6 cm³/mol. The van der Waals surface area contributed by atoms with Crippen molar-refractivity contribution in [3.8, 4) is 0 Å². The van der Waals surface area contributed by atoms with Crippen LogP contribution in [0.15, 0.2) is 0 Å². The molecule has 1 aliphatic heterocycles. The minimum Gasteiger partial charge on any atom is -0.380 e. The molecule has 0 aromatic rings. The van der Waals surface area contributed by atoms with Crippen molar-refractivity contribution in [2.45, 2.75) is 18.9 Å². The zero-order chi connectivity index (χ0) is 7.23. The van der Waals surface area contributed by atoms with Crippen molar-refractivity contribution in [2.75, 3.05) is 25.1 Å². The largest absolute Gasteiger partial charge is 0.380 e. The molecule has 0 aromatic carbocycles. The van der Waals surface area contributed by atoms with E-state index in [-0.39, 0.29) is 0 Å². The second-order valence-electron chi connectivity index (χ2n) is 2.56. The molecule has 0 saturated carbocycles. The normalized spacial score (nSPS) is 25.5. The van der Waals surface area contributed by atoms with Crippen LogP contribution in [-0.4, -0.2) is 31.1 Å². The highest BCUT2D eigenvalue weighted by Gasteiger charge is 2.13. The first-order valence-corrected chi connectivity index (χ1v) is 4.92. The van der Waals surface area contributed by atoms with E-state index in [1.807, 2.05) is 0 Å². The van der Waals surface area contributed by atoms with E-state index in [9.17, 15) is 0 Å². The topological polar surface area (TPSA) is 21.3 Å². The zero-order valence-corrected chi connectivity index (χ0v) is 7.69. The molecule has 0 aliphatic carbocycles. The maximum Gasteiger partial charge on any atom is 0.0620 e. The van der Waals surface area contributed by atoms with Gasteiger partial charge in [-0.2, -0.15) is 0 Å². The SMILES string of the molecule is BrCCCNC1CCOC1. The van der Waals surface area contributed by atoms with Gasteiger partial charge in [-0.15, -0.1) is 0 Å². The van der Waals surface area contributed by atoms with Crippen LogP contribution >= 0.6 is 15.9 Å². The van der Waals surface area contributed by atoms with Crippen LogP contribution < -0.4 is 5.32 Å². The summed E-state index contributed by atoms with van der Waals surface area (Å²) in [6.07, 6.45) is 2.39. The molecule has 1 aliphatic rings. The summed E-state index contributed by atoms with van der Waals surface area (Å²) in [6.45, 7) is 2.95. The van der Waals surface area contributed by atoms with Gasteiger partial charge in [0.1, 0.15) is 0 Å². The molecule has 3 heteroatoms. The van der Waals surface area contributed by atoms with Crippen molar-refractivity contribution in [1.29, 1.82) is 0 Å². The van der Waals surface area contributed by atoms with Gasteiger partial charge >= 0.3 is 0 Å². The van der Waals surface area contributed by atoms with E-state index in [1.165, 1.54) is 12.8 Å². The van der Waals surface area contributed by atoms with Gasteiger partial charge in [-0.05, 0) is 19.4 Å². The number of ether oxygens (including phenoxy) is 1. The summed E-state index contributed by atoms with van der Waals surface area (Å²) >= 11 is 3.39. The average Bonchev–Trinajstić information content (AvgIpc) is 2.41. The lowest BCUT2D eigenvalue weighted by Gasteiger charge is -2.08. The number of nitrogens with one attached hydrogen (secondary N) is 1. The van der Waals surface area contributed by atoms with Gasteiger partial charge in [0.25, 0.3) is 0 Å². The maximum atomic E-state index is 5.21. The third-order valence-corrected chi connectivity index (χ3v) is 2.23. The van der Waals surface area contributed by atoms with Gasteiger partial charge in [-0.1, -0.05) is 15.9 Å². The van der Waals surface area contributed by atoms with Gasteiger partial charge in [0.05, 0.1) is 6.61 Å². The van der Waals surface area contributed by atoms with E-state index in [0.29, 0.717) is 6.04 Å². The van der Waals surface area contributed by atoms with E-state index in [0.717, 1.165) is 25.1 Å². The van der Waals surface area contributed by atoms with Crippen LogP contribution in [0.4, 0.5) is 0 Å². The second kappa shape index (κ2) is 5.10. The molecule has 0 bridgehead atoms. The summed E-state index contributed by atoms with van der Waals surface area (Å²) in [5.41, 5.74) is 0. The van der Waals surface area contributed by atoms with Crippen LogP contribution in [-0.2, 0) is 4.74 Å². The Labute approximate surface area is 70.5 Å². The standard InChI is InChI=1S/C7H14BrNO/c8-3-1-4-9-7-2-5-10-6-7/h7,9H,1-6H2. The van der Waals surface area contributed by atoms with Crippen LogP contribution in [0.2, 0.25) is 0 Å². The summed E-state index contributed by atoms with van der Waals surface area (Å²) in [7, 11) is 0. The highest BCUT2D eigenvalue weighted by atomic mass is 79.9. The van der Waals surface area contributed by atoms with Crippen LogP contribution in [0.5, 0.6) is 0 Å². The molecular weight excluding hydrogens is 194 g/mol. The zero-order valence-electron chi connectivity index (χ0n) is 6.11. The number of hydrogen-bond donors (Lipinski definition) is 1. The summed E-state index contributed by atoms with van der Waals surface area (Å²) in [4.78, 5) is 0. The minimum atomic E-state index is 0.624. The fourth-order valence-electron chi connectivity index (χ4n) is 1.07. The second-order valence-corrected chi connectivity index (χ2v) is 3.35.